The molecule has 0 aliphatic heterocycles. The quantitative estimate of drug-likeness (QED) is 0.497. The molecule has 1 fully saturated rings. The highest BCUT2D eigenvalue weighted by Gasteiger charge is 2.37. The van der Waals surface area contributed by atoms with Gasteiger partial charge in [0.05, 0.1) is 5.76 Å². The highest BCUT2D eigenvalue weighted by atomic mass is 16.5. The summed E-state index contributed by atoms with van der Waals surface area (Å²) in [6.07, 6.45) is 3.52. The van der Waals surface area contributed by atoms with Crippen molar-refractivity contribution in [2.45, 2.75) is 59.5 Å². The maximum Gasteiger partial charge on any atom is 0.100 e. The van der Waals surface area contributed by atoms with E-state index in [-0.39, 0.29) is 11.0 Å². The molecule has 0 saturated heterocycles. The molecule has 1 heteroatoms. The van der Waals surface area contributed by atoms with Crippen LogP contribution in [0.3, 0.4) is 0 Å². The van der Waals surface area contributed by atoms with Crippen molar-refractivity contribution in [1.29, 1.82) is 0 Å². The molecule has 0 N–H and O–H groups in total. The molecule has 1 nitrogen and oxygen atoms in total. The highest BCUT2D eigenvalue weighted by Crippen LogP contribution is 2.48. The average molecular weight is 222 g/mol. The van der Waals surface area contributed by atoms with Crippen molar-refractivity contribution in [3.63, 3.8) is 0 Å². The smallest absolute Gasteiger partial charge is 0.100 e. The maximum absolute atomic E-state index is 5.87. The Kier molecular flexibility index (Phi) is 3.56. The molecule has 0 aromatic carbocycles. The minimum atomic E-state index is -0.126. The normalized spacial score (nSPS) is 30.2. The minimum absolute atomic E-state index is 0.126. The van der Waals surface area contributed by atoms with Crippen molar-refractivity contribution in [3.05, 3.63) is 24.5 Å². The van der Waals surface area contributed by atoms with Crippen LogP contribution in [0.5, 0.6) is 0 Å². The summed E-state index contributed by atoms with van der Waals surface area (Å²) in [6.45, 7) is 18.9. The van der Waals surface area contributed by atoms with E-state index in [1.807, 2.05) is 0 Å². The van der Waals surface area contributed by atoms with Crippen LogP contribution in [0.15, 0.2) is 24.5 Å². The van der Waals surface area contributed by atoms with Crippen LogP contribution < -0.4 is 0 Å². The van der Waals surface area contributed by atoms with Gasteiger partial charge in [-0.1, -0.05) is 25.7 Å². The molecule has 0 spiro atoms. The van der Waals surface area contributed by atoms with Crippen LogP contribution in [0.25, 0.3) is 0 Å². The first-order chi connectivity index (χ1) is 7.14. The van der Waals surface area contributed by atoms with Crippen LogP contribution in [0.2, 0.25) is 0 Å². The minimum Gasteiger partial charge on any atom is -0.493 e. The lowest BCUT2D eigenvalue weighted by Gasteiger charge is -2.28. The summed E-state index contributed by atoms with van der Waals surface area (Å²) in [7, 11) is 0. The Morgan fingerprint density at radius 1 is 1.31 bits per heavy atom. The molecular formula is C15H26O. The van der Waals surface area contributed by atoms with Gasteiger partial charge in [-0.05, 0) is 52.4 Å². The van der Waals surface area contributed by atoms with Gasteiger partial charge in [0.15, 0.2) is 0 Å². The Bertz CT molecular complexity index is 295. The summed E-state index contributed by atoms with van der Waals surface area (Å²) in [5, 5.41) is 0. The van der Waals surface area contributed by atoms with Crippen molar-refractivity contribution in [3.8, 4) is 0 Å². The van der Waals surface area contributed by atoms with E-state index in [0.29, 0.717) is 5.92 Å². The monoisotopic (exact) mass is 222 g/mol. The fourth-order valence-electron chi connectivity index (χ4n) is 2.38. The first-order valence-corrected chi connectivity index (χ1v) is 6.18. The van der Waals surface area contributed by atoms with E-state index in [9.17, 15) is 0 Å². The van der Waals surface area contributed by atoms with E-state index in [4.69, 9.17) is 4.74 Å². The molecule has 2 atom stereocenters. The van der Waals surface area contributed by atoms with Gasteiger partial charge in [-0.2, -0.15) is 0 Å². The fourth-order valence-corrected chi connectivity index (χ4v) is 2.38. The molecule has 92 valence electrons. The highest BCUT2D eigenvalue weighted by molar-refractivity contribution is 5.12. The van der Waals surface area contributed by atoms with Crippen molar-refractivity contribution in [2.75, 3.05) is 0 Å². The van der Waals surface area contributed by atoms with Crippen molar-refractivity contribution in [1.82, 2.24) is 0 Å². The van der Waals surface area contributed by atoms with Gasteiger partial charge in [0, 0.05) is 5.92 Å². The predicted octanol–water partition coefficient (Wildman–Crippen LogP) is 4.70. The molecule has 1 aliphatic carbocycles. The summed E-state index contributed by atoms with van der Waals surface area (Å²) in [5.74, 6) is 1.46. The lowest BCUT2D eigenvalue weighted by Crippen LogP contribution is -2.21. The summed E-state index contributed by atoms with van der Waals surface area (Å²) in [6, 6.07) is 0. The molecule has 1 rings (SSSR count). The number of ether oxygens (including phenoxy) is 1. The second-order valence-electron chi connectivity index (χ2n) is 6.46. The standard InChI is InChI=1S/C15H26O/c1-11(2)15(7)9-8-13(10-15)12(3)16-14(4,5)6/h13H,1,3,8-10H2,2,4-7H3. The van der Waals surface area contributed by atoms with Crippen LogP contribution >= 0.6 is 0 Å². The lowest BCUT2D eigenvalue weighted by molar-refractivity contribution is 0.0345. The van der Waals surface area contributed by atoms with Gasteiger partial charge in [0.2, 0.25) is 0 Å². The third-order valence-corrected chi connectivity index (χ3v) is 3.66. The Labute approximate surface area is 101 Å². The zero-order chi connectivity index (χ0) is 12.6. The van der Waals surface area contributed by atoms with Crippen LogP contribution in [-0.4, -0.2) is 5.60 Å². The van der Waals surface area contributed by atoms with Gasteiger partial charge in [-0.15, -0.1) is 0 Å². The van der Waals surface area contributed by atoms with Gasteiger partial charge in [0.25, 0.3) is 0 Å². The maximum atomic E-state index is 5.87. The third kappa shape index (κ3) is 3.13. The molecule has 0 heterocycles. The average Bonchev–Trinajstić information content (AvgIpc) is 2.46. The summed E-state index contributed by atoms with van der Waals surface area (Å²) >= 11 is 0. The second-order valence-corrected chi connectivity index (χ2v) is 6.46. The van der Waals surface area contributed by atoms with Gasteiger partial charge >= 0.3 is 0 Å². The SMILES string of the molecule is C=C(OC(C)(C)C)C1CCC(C)(C(=C)C)C1. The zero-order valence-electron chi connectivity index (χ0n) is 11.5. The van der Waals surface area contributed by atoms with Gasteiger partial charge in [-0.25, -0.2) is 0 Å². The van der Waals surface area contributed by atoms with Crippen LogP contribution in [0.4, 0.5) is 0 Å². The van der Waals surface area contributed by atoms with Crippen molar-refractivity contribution < 1.29 is 4.74 Å². The molecule has 0 aromatic heterocycles. The molecule has 0 aromatic rings. The largest absolute Gasteiger partial charge is 0.493 e. The van der Waals surface area contributed by atoms with Gasteiger partial charge in [0.1, 0.15) is 5.60 Å². The van der Waals surface area contributed by atoms with E-state index in [1.165, 1.54) is 18.4 Å². The van der Waals surface area contributed by atoms with E-state index in [1.54, 1.807) is 0 Å². The van der Waals surface area contributed by atoms with E-state index >= 15 is 0 Å². The Balaban J connectivity index is 2.60. The number of rotatable bonds is 3. The second kappa shape index (κ2) is 4.27. The number of hydrogen-bond donors (Lipinski definition) is 0. The van der Waals surface area contributed by atoms with E-state index in [0.717, 1.165) is 12.2 Å². The van der Waals surface area contributed by atoms with Crippen LogP contribution in [0, 0.1) is 11.3 Å². The summed E-state index contributed by atoms with van der Waals surface area (Å²) in [4.78, 5) is 0. The van der Waals surface area contributed by atoms with Crippen molar-refractivity contribution in [2.24, 2.45) is 11.3 Å². The first-order valence-electron chi connectivity index (χ1n) is 6.18. The van der Waals surface area contributed by atoms with Crippen molar-refractivity contribution >= 4 is 0 Å². The van der Waals surface area contributed by atoms with Crippen LogP contribution in [0.1, 0.15) is 53.9 Å². The Morgan fingerprint density at radius 2 is 1.88 bits per heavy atom. The number of allylic oxidation sites excluding steroid dienone is 2. The molecule has 0 amide bonds. The number of hydrogen-bond acceptors (Lipinski definition) is 1. The van der Waals surface area contributed by atoms with Gasteiger partial charge < -0.3 is 4.74 Å². The van der Waals surface area contributed by atoms with E-state index < -0.39 is 0 Å². The lowest BCUT2D eigenvalue weighted by atomic mass is 9.81. The molecular weight excluding hydrogens is 196 g/mol. The Morgan fingerprint density at radius 3 is 2.25 bits per heavy atom. The summed E-state index contributed by atoms with van der Waals surface area (Å²) in [5.41, 5.74) is 1.45. The van der Waals surface area contributed by atoms with E-state index in [2.05, 4.69) is 47.8 Å². The summed E-state index contributed by atoms with van der Waals surface area (Å²) < 4.78 is 5.87. The molecule has 1 aliphatic rings. The topological polar surface area (TPSA) is 9.23 Å². The third-order valence-electron chi connectivity index (χ3n) is 3.66. The molecule has 2 unspecified atom stereocenters. The Hall–Kier alpha value is -0.720. The molecule has 1 saturated carbocycles. The van der Waals surface area contributed by atoms with Crippen LogP contribution in [-0.2, 0) is 4.74 Å². The molecule has 16 heavy (non-hydrogen) atoms. The zero-order valence-corrected chi connectivity index (χ0v) is 11.5. The van der Waals surface area contributed by atoms with Gasteiger partial charge in [-0.3, -0.25) is 0 Å². The molecule has 0 bridgehead atoms. The first kappa shape index (κ1) is 13.3. The predicted molar refractivity (Wildman–Crippen MR) is 70.2 cm³/mol. The fraction of sp³-hybridized carbons (Fsp3) is 0.733. The molecule has 0 radical (unpaired) electrons.